The zero-order valence-electron chi connectivity index (χ0n) is 15.9. The van der Waals surface area contributed by atoms with Gasteiger partial charge in [0.05, 0.1) is 30.3 Å². The number of carbonyl (C=O) groups excluding carboxylic acids is 1. The number of nitrogens with zero attached hydrogens (tertiary/aromatic N) is 1. The lowest BCUT2D eigenvalue weighted by molar-refractivity contribution is -0.137. The molecule has 0 spiro atoms. The van der Waals surface area contributed by atoms with Crippen LogP contribution in [-0.4, -0.2) is 34.2 Å². The van der Waals surface area contributed by atoms with E-state index in [9.17, 15) is 26.4 Å². The number of sulfonamides is 1. The van der Waals surface area contributed by atoms with Crippen LogP contribution in [0.15, 0.2) is 48.5 Å². The molecular formula is C19H21F3N2O4S. The molecule has 0 fully saturated rings. The van der Waals surface area contributed by atoms with Gasteiger partial charge >= 0.3 is 6.18 Å². The Morgan fingerprint density at radius 3 is 2.45 bits per heavy atom. The topological polar surface area (TPSA) is 75.7 Å². The van der Waals surface area contributed by atoms with Crippen molar-refractivity contribution in [3.05, 3.63) is 54.1 Å². The average Bonchev–Trinajstić information content (AvgIpc) is 2.64. The number of methoxy groups -OCH3 is 1. The van der Waals surface area contributed by atoms with Crippen molar-refractivity contribution in [3.8, 4) is 5.75 Å². The minimum Gasteiger partial charge on any atom is -0.497 e. The monoisotopic (exact) mass is 430 g/mol. The largest absolute Gasteiger partial charge is 0.497 e. The number of halogens is 3. The molecule has 0 saturated carbocycles. The first-order valence-electron chi connectivity index (χ1n) is 8.60. The number of rotatable bonds is 8. The van der Waals surface area contributed by atoms with Gasteiger partial charge in [-0.3, -0.25) is 9.10 Å². The molecule has 1 amide bonds. The molecule has 0 unspecified atom stereocenters. The molecule has 0 bridgehead atoms. The molecule has 0 atom stereocenters. The maximum absolute atomic E-state index is 13.0. The smallest absolute Gasteiger partial charge is 0.418 e. The minimum absolute atomic E-state index is 0.0136. The first-order chi connectivity index (χ1) is 13.5. The number of hydrogen-bond acceptors (Lipinski definition) is 4. The van der Waals surface area contributed by atoms with E-state index in [0.29, 0.717) is 11.4 Å². The SMILES string of the molecule is COc1cccc(N(CCCC(=O)Nc2ccccc2C(F)(F)F)S(C)(=O)=O)c1. The number of para-hydroxylation sites is 1. The van der Waals surface area contributed by atoms with Crippen LogP contribution in [-0.2, 0) is 21.0 Å². The highest BCUT2D eigenvalue weighted by Gasteiger charge is 2.33. The number of amides is 1. The molecule has 0 heterocycles. The Labute approximate surface area is 167 Å². The van der Waals surface area contributed by atoms with Gasteiger partial charge in [0.2, 0.25) is 15.9 Å². The van der Waals surface area contributed by atoms with Crippen molar-refractivity contribution in [1.82, 2.24) is 0 Å². The lowest BCUT2D eigenvalue weighted by atomic mass is 10.1. The number of ether oxygens (including phenoxy) is 1. The molecule has 2 aromatic carbocycles. The molecule has 10 heteroatoms. The van der Waals surface area contributed by atoms with Gasteiger partial charge in [-0.15, -0.1) is 0 Å². The van der Waals surface area contributed by atoms with Gasteiger partial charge in [-0.05, 0) is 30.7 Å². The average molecular weight is 430 g/mol. The van der Waals surface area contributed by atoms with Crippen LogP contribution in [0, 0.1) is 0 Å². The van der Waals surface area contributed by atoms with E-state index < -0.39 is 27.7 Å². The number of alkyl halides is 3. The van der Waals surface area contributed by atoms with Crippen molar-refractivity contribution in [2.24, 2.45) is 0 Å². The van der Waals surface area contributed by atoms with E-state index >= 15 is 0 Å². The molecule has 29 heavy (non-hydrogen) atoms. The van der Waals surface area contributed by atoms with Crippen LogP contribution in [0.25, 0.3) is 0 Å². The summed E-state index contributed by atoms with van der Waals surface area (Å²) in [7, 11) is -2.18. The fourth-order valence-corrected chi connectivity index (χ4v) is 3.64. The van der Waals surface area contributed by atoms with E-state index in [1.54, 1.807) is 24.3 Å². The van der Waals surface area contributed by atoms with Crippen molar-refractivity contribution in [1.29, 1.82) is 0 Å². The Balaban J connectivity index is 2.04. The fraction of sp³-hybridized carbons (Fsp3) is 0.316. The van der Waals surface area contributed by atoms with Crippen molar-refractivity contribution >= 4 is 27.3 Å². The summed E-state index contributed by atoms with van der Waals surface area (Å²) in [6.07, 6.45) is -3.60. The first kappa shape index (κ1) is 22.5. The van der Waals surface area contributed by atoms with Crippen LogP contribution in [0.4, 0.5) is 24.5 Å². The Bertz CT molecular complexity index is 962. The summed E-state index contributed by atoms with van der Waals surface area (Å²) >= 11 is 0. The summed E-state index contributed by atoms with van der Waals surface area (Å²) in [5, 5.41) is 2.24. The molecule has 0 aliphatic rings. The Kier molecular flexibility index (Phi) is 7.12. The standard InChI is InChI=1S/C19H21F3N2O4S/c1-28-15-8-5-7-14(13-15)24(29(2,26)27)12-6-11-18(25)23-17-10-4-3-9-16(17)19(20,21)22/h3-5,7-10,13H,6,11-12H2,1-2H3,(H,23,25). The fourth-order valence-electron chi connectivity index (χ4n) is 2.69. The van der Waals surface area contributed by atoms with Crippen LogP contribution in [0.2, 0.25) is 0 Å². The van der Waals surface area contributed by atoms with Gasteiger partial charge in [0, 0.05) is 19.0 Å². The van der Waals surface area contributed by atoms with Crippen LogP contribution in [0.3, 0.4) is 0 Å². The number of nitrogens with one attached hydrogen (secondary N) is 1. The summed E-state index contributed by atoms with van der Waals surface area (Å²) in [6.45, 7) is -0.0136. The van der Waals surface area contributed by atoms with Crippen LogP contribution >= 0.6 is 0 Å². The molecule has 1 N–H and O–H groups in total. The molecule has 0 aliphatic heterocycles. The maximum atomic E-state index is 13.0. The van der Waals surface area contributed by atoms with E-state index in [1.807, 2.05) is 0 Å². The van der Waals surface area contributed by atoms with Crippen LogP contribution < -0.4 is 14.4 Å². The van der Waals surface area contributed by atoms with Crippen LogP contribution in [0.5, 0.6) is 5.75 Å². The summed E-state index contributed by atoms with van der Waals surface area (Å²) in [6, 6.07) is 11.1. The highest BCUT2D eigenvalue weighted by atomic mass is 32.2. The summed E-state index contributed by atoms with van der Waals surface area (Å²) in [5.74, 6) is -0.168. The Morgan fingerprint density at radius 1 is 1.14 bits per heavy atom. The Hall–Kier alpha value is -2.75. The zero-order chi connectivity index (χ0) is 21.7. The molecule has 6 nitrogen and oxygen atoms in total. The third-order valence-electron chi connectivity index (χ3n) is 4.01. The number of hydrogen-bond donors (Lipinski definition) is 1. The van der Waals surface area contributed by atoms with Gasteiger partial charge < -0.3 is 10.1 Å². The quantitative estimate of drug-likeness (QED) is 0.689. The van der Waals surface area contributed by atoms with Gasteiger partial charge in [0.1, 0.15) is 5.75 Å². The van der Waals surface area contributed by atoms with Crippen LogP contribution in [0.1, 0.15) is 18.4 Å². The highest BCUT2D eigenvalue weighted by molar-refractivity contribution is 7.92. The summed E-state index contributed by atoms with van der Waals surface area (Å²) in [5.41, 5.74) is -0.907. The molecular weight excluding hydrogens is 409 g/mol. The minimum atomic E-state index is -4.59. The summed E-state index contributed by atoms with van der Waals surface area (Å²) < 4.78 is 69.4. The van der Waals surface area contributed by atoms with E-state index in [1.165, 1.54) is 25.3 Å². The number of anilines is 2. The van der Waals surface area contributed by atoms with Gasteiger partial charge in [0.15, 0.2) is 0 Å². The molecule has 0 radical (unpaired) electrons. The van der Waals surface area contributed by atoms with Crippen molar-refractivity contribution in [2.75, 3.05) is 29.5 Å². The van der Waals surface area contributed by atoms with Crippen molar-refractivity contribution in [2.45, 2.75) is 19.0 Å². The Morgan fingerprint density at radius 2 is 1.83 bits per heavy atom. The lowest BCUT2D eigenvalue weighted by Crippen LogP contribution is -2.31. The number of benzene rings is 2. The third kappa shape index (κ3) is 6.38. The molecule has 158 valence electrons. The third-order valence-corrected chi connectivity index (χ3v) is 5.21. The van der Waals surface area contributed by atoms with Crippen molar-refractivity contribution < 1.29 is 31.1 Å². The molecule has 2 aromatic rings. The second kappa shape index (κ2) is 9.17. The summed E-state index contributed by atoms with van der Waals surface area (Å²) in [4.78, 5) is 12.1. The van der Waals surface area contributed by atoms with Gasteiger partial charge in [-0.1, -0.05) is 18.2 Å². The van der Waals surface area contributed by atoms with E-state index in [0.717, 1.165) is 16.6 Å². The number of carbonyl (C=O) groups is 1. The second-order valence-electron chi connectivity index (χ2n) is 6.23. The molecule has 0 aromatic heterocycles. The lowest BCUT2D eigenvalue weighted by Gasteiger charge is -2.22. The molecule has 0 saturated heterocycles. The van der Waals surface area contributed by atoms with E-state index in [4.69, 9.17) is 4.74 Å². The zero-order valence-corrected chi connectivity index (χ0v) is 16.7. The molecule has 2 rings (SSSR count). The van der Waals surface area contributed by atoms with Crippen molar-refractivity contribution in [3.63, 3.8) is 0 Å². The second-order valence-corrected chi connectivity index (χ2v) is 8.14. The van der Waals surface area contributed by atoms with E-state index in [-0.39, 0.29) is 25.1 Å². The van der Waals surface area contributed by atoms with Gasteiger partial charge in [-0.2, -0.15) is 13.2 Å². The van der Waals surface area contributed by atoms with Gasteiger partial charge in [-0.25, -0.2) is 8.42 Å². The predicted octanol–water partition coefficient (Wildman–Crippen LogP) is 3.90. The predicted molar refractivity (Wildman–Crippen MR) is 104 cm³/mol. The first-order valence-corrected chi connectivity index (χ1v) is 10.4. The van der Waals surface area contributed by atoms with Gasteiger partial charge in [0.25, 0.3) is 0 Å². The highest BCUT2D eigenvalue weighted by Crippen LogP contribution is 2.34. The maximum Gasteiger partial charge on any atom is 0.418 e. The molecule has 0 aliphatic carbocycles. The van der Waals surface area contributed by atoms with E-state index in [2.05, 4.69) is 5.32 Å². The normalized spacial score (nSPS) is 11.8.